The number of carbonyl (C=O) groups excluding carboxylic acids is 3. The second-order valence-electron chi connectivity index (χ2n) is 20.9. The van der Waals surface area contributed by atoms with Gasteiger partial charge in [-0.1, -0.05) is 235 Å². The topological polar surface area (TPSA) is 111 Å². The maximum absolute atomic E-state index is 12.9. The number of likely N-dealkylation sites (N-methyl/N-ethyl adjacent to an activating group) is 1. The lowest BCUT2D eigenvalue weighted by molar-refractivity contribution is -0.870. The van der Waals surface area contributed by atoms with E-state index in [9.17, 15) is 19.5 Å². The number of allylic oxidation sites excluding steroid dienone is 30. The molecule has 452 valence electrons. The second-order valence-corrected chi connectivity index (χ2v) is 20.9. The SMILES string of the molecule is CC/C=C\C/C=C\C/C=C\C/C=C\C/C=C\C/C=C\C/C=C\C/C=C\CCCCCCCCCCC(=O)OC(COC(=O)CCC/C=C\C/C=C\C/C=C\C/C=C\C/C=C\C/C=C\C/C=C\CC)COC(OCC[N+](C)(C)C)C(=O)[O-]. The fourth-order valence-electron chi connectivity index (χ4n) is 7.48. The number of aliphatic carboxylic acids is 1. The molecule has 9 heteroatoms. The summed E-state index contributed by atoms with van der Waals surface area (Å²) in [5.41, 5.74) is 0. The fraction of sp³-hybridized carbons (Fsp3) is 0.542. The molecule has 2 atom stereocenters. The summed E-state index contributed by atoms with van der Waals surface area (Å²) >= 11 is 0. The van der Waals surface area contributed by atoms with Crippen LogP contribution in [0.1, 0.15) is 194 Å². The number of hydrogen-bond acceptors (Lipinski definition) is 8. The Hall–Kier alpha value is -5.61. The van der Waals surface area contributed by atoms with Gasteiger partial charge in [-0.3, -0.25) is 9.59 Å². The lowest BCUT2D eigenvalue weighted by Gasteiger charge is -2.26. The van der Waals surface area contributed by atoms with Crippen LogP contribution in [0.4, 0.5) is 0 Å². The van der Waals surface area contributed by atoms with Gasteiger partial charge in [-0.05, 0) is 128 Å². The van der Waals surface area contributed by atoms with E-state index in [1.165, 1.54) is 25.7 Å². The van der Waals surface area contributed by atoms with E-state index in [1.807, 2.05) is 21.1 Å². The monoisotopic (exact) mass is 1120 g/mol. The van der Waals surface area contributed by atoms with Crippen molar-refractivity contribution in [2.24, 2.45) is 0 Å². The van der Waals surface area contributed by atoms with Crippen LogP contribution in [0.3, 0.4) is 0 Å². The lowest BCUT2D eigenvalue weighted by atomic mass is 10.1. The molecule has 0 N–H and O–H groups in total. The minimum Gasteiger partial charge on any atom is -0.545 e. The molecule has 0 aliphatic carbocycles. The highest BCUT2D eigenvalue weighted by atomic mass is 16.7. The summed E-state index contributed by atoms with van der Waals surface area (Å²) in [6.45, 7) is 4.41. The Balaban J connectivity index is 4.36. The highest BCUT2D eigenvalue weighted by Gasteiger charge is 2.22. The van der Waals surface area contributed by atoms with E-state index < -0.39 is 30.3 Å². The second kappa shape index (κ2) is 60.5. The van der Waals surface area contributed by atoms with Gasteiger partial charge in [0.25, 0.3) is 0 Å². The van der Waals surface area contributed by atoms with Gasteiger partial charge >= 0.3 is 11.9 Å². The molecule has 0 spiro atoms. The van der Waals surface area contributed by atoms with Crippen LogP contribution >= 0.6 is 0 Å². The van der Waals surface area contributed by atoms with Gasteiger partial charge < -0.3 is 33.3 Å². The summed E-state index contributed by atoms with van der Waals surface area (Å²) in [4.78, 5) is 37.3. The first-order valence-corrected chi connectivity index (χ1v) is 30.9. The van der Waals surface area contributed by atoms with Crippen molar-refractivity contribution < 1.29 is 42.9 Å². The minimum absolute atomic E-state index is 0.126. The van der Waals surface area contributed by atoms with E-state index in [0.717, 1.165) is 128 Å². The van der Waals surface area contributed by atoms with Crippen LogP contribution in [-0.4, -0.2) is 82.3 Å². The predicted molar refractivity (Wildman–Crippen MR) is 342 cm³/mol. The van der Waals surface area contributed by atoms with Gasteiger partial charge in [-0.25, -0.2) is 0 Å². The molecule has 0 saturated carbocycles. The van der Waals surface area contributed by atoms with E-state index in [0.29, 0.717) is 23.9 Å². The maximum atomic E-state index is 12.9. The number of hydrogen-bond donors (Lipinski definition) is 0. The van der Waals surface area contributed by atoms with E-state index in [-0.39, 0.29) is 32.7 Å². The van der Waals surface area contributed by atoms with Crippen LogP contribution in [-0.2, 0) is 33.3 Å². The number of ether oxygens (including phenoxy) is 4. The quantitative estimate of drug-likeness (QED) is 0.0195. The summed E-state index contributed by atoms with van der Waals surface area (Å²) in [5.74, 6) is -2.40. The zero-order chi connectivity index (χ0) is 59.1. The molecule has 0 aromatic heterocycles. The highest BCUT2D eigenvalue weighted by molar-refractivity contribution is 5.70. The molecule has 9 nitrogen and oxygen atoms in total. The Morgan fingerprint density at radius 3 is 1.02 bits per heavy atom. The molecule has 0 saturated heterocycles. The van der Waals surface area contributed by atoms with E-state index >= 15 is 0 Å². The first-order valence-electron chi connectivity index (χ1n) is 30.9. The van der Waals surface area contributed by atoms with Crippen molar-refractivity contribution in [2.45, 2.75) is 206 Å². The van der Waals surface area contributed by atoms with Gasteiger partial charge in [-0.2, -0.15) is 0 Å². The van der Waals surface area contributed by atoms with E-state index in [2.05, 4.69) is 196 Å². The molecular formula is C72H111NO8. The first-order chi connectivity index (χ1) is 39.6. The average Bonchev–Trinajstić information content (AvgIpc) is 3.44. The van der Waals surface area contributed by atoms with Crippen LogP contribution in [0, 0.1) is 0 Å². The molecule has 0 heterocycles. The molecule has 2 unspecified atom stereocenters. The third-order valence-corrected chi connectivity index (χ3v) is 12.1. The van der Waals surface area contributed by atoms with E-state index in [1.54, 1.807) is 0 Å². The van der Waals surface area contributed by atoms with Crippen LogP contribution in [0.15, 0.2) is 182 Å². The third-order valence-electron chi connectivity index (χ3n) is 12.1. The van der Waals surface area contributed by atoms with Gasteiger partial charge in [0.2, 0.25) is 0 Å². The summed E-state index contributed by atoms with van der Waals surface area (Å²) in [6.07, 6.45) is 89.5. The lowest BCUT2D eigenvalue weighted by Crippen LogP contribution is -2.44. The summed E-state index contributed by atoms with van der Waals surface area (Å²) in [5, 5.41) is 11.8. The number of unbranched alkanes of at least 4 members (excludes halogenated alkanes) is 9. The largest absolute Gasteiger partial charge is 0.545 e. The minimum atomic E-state index is -1.65. The standard InChI is InChI=1S/C72H111NO8/c1-6-8-10-12-14-16-18-20-22-24-26-28-30-31-32-33-34-35-36-37-38-39-41-43-45-47-49-51-53-55-57-59-61-63-70(75)81-68(67-80-72(71(76)77)78-65-64-73(3,4)5)66-79-69(74)62-60-58-56-54-52-50-48-46-44-42-40-29-27-25-23-21-19-17-15-13-11-9-7-2/h8-11,14-17,20-23,26-29,31-32,34-35,37-38,41-44,48,50,54,56,68,72H,6-7,12-13,18-19,24-25,30,33,36,39-40,45-47,49,51-53,55,57-67H2,1-5H3/b10-8-,11-9-,16-14-,17-15-,22-20-,23-21-,28-26-,29-27-,32-31-,35-34-,38-37-,43-41-,44-42-,50-48-,56-54-. The van der Waals surface area contributed by atoms with Crippen molar-refractivity contribution in [1.29, 1.82) is 0 Å². The van der Waals surface area contributed by atoms with Gasteiger partial charge in [0, 0.05) is 12.8 Å². The average molecular weight is 1120 g/mol. The van der Waals surface area contributed by atoms with Crippen molar-refractivity contribution >= 4 is 17.9 Å². The van der Waals surface area contributed by atoms with Crippen molar-refractivity contribution in [1.82, 2.24) is 0 Å². The molecule has 0 aromatic carbocycles. The molecule has 0 amide bonds. The molecule has 0 fully saturated rings. The fourth-order valence-corrected chi connectivity index (χ4v) is 7.48. The van der Waals surface area contributed by atoms with Gasteiger partial charge in [0.15, 0.2) is 12.4 Å². The van der Waals surface area contributed by atoms with Crippen molar-refractivity contribution in [3.8, 4) is 0 Å². The van der Waals surface area contributed by atoms with Crippen LogP contribution in [0.25, 0.3) is 0 Å². The molecule has 0 radical (unpaired) electrons. The summed E-state index contributed by atoms with van der Waals surface area (Å²) in [6, 6.07) is 0. The van der Waals surface area contributed by atoms with Crippen molar-refractivity contribution in [2.75, 3.05) is 47.5 Å². The van der Waals surface area contributed by atoms with Crippen molar-refractivity contribution in [3.05, 3.63) is 182 Å². The zero-order valence-electron chi connectivity index (χ0n) is 51.3. The highest BCUT2D eigenvalue weighted by Crippen LogP contribution is 2.13. The number of quaternary nitrogens is 1. The Kier molecular flexibility index (Phi) is 56.3. The Morgan fingerprint density at radius 1 is 0.370 bits per heavy atom. The molecule has 0 aromatic rings. The molecule has 0 rings (SSSR count). The molecule has 81 heavy (non-hydrogen) atoms. The number of esters is 2. The normalized spacial score (nSPS) is 14.0. The predicted octanol–water partition coefficient (Wildman–Crippen LogP) is 17.6. The number of carbonyl (C=O) groups is 3. The maximum Gasteiger partial charge on any atom is 0.306 e. The number of rotatable bonds is 54. The smallest absolute Gasteiger partial charge is 0.306 e. The van der Waals surface area contributed by atoms with Crippen molar-refractivity contribution in [3.63, 3.8) is 0 Å². The van der Waals surface area contributed by atoms with Gasteiger partial charge in [-0.15, -0.1) is 0 Å². The molecular weight excluding hydrogens is 1010 g/mol. The van der Waals surface area contributed by atoms with Crippen LogP contribution < -0.4 is 5.11 Å². The third kappa shape index (κ3) is 61.9. The van der Waals surface area contributed by atoms with Gasteiger partial charge in [0.05, 0.1) is 40.3 Å². The van der Waals surface area contributed by atoms with Crippen LogP contribution in [0.5, 0.6) is 0 Å². The number of carboxylic acids is 1. The molecule has 0 aliphatic rings. The van der Waals surface area contributed by atoms with Gasteiger partial charge in [0.1, 0.15) is 13.2 Å². The number of nitrogens with zero attached hydrogens (tertiary/aromatic N) is 1. The number of carboxylic acid groups (broad SMARTS) is 1. The Bertz CT molecular complexity index is 1980. The summed E-state index contributed by atoms with van der Waals surface area (Å²) in [7, 11) is 5.89. The first kappa shape index (κ1) is 75.4. The Morgan fingerprint density at radius 2 is 0.679 bits per heavy atom. The Labute approximate surface area is 494 Å². The van der Waals surface area contributed by atoms with E-state index in [4.69, 9.17) is 18.9 Å². The molecule has 0 aliphatic heterocycles. The summed E-state index contributed by atoms with van der Waals surface area (Å²) < 4.78 is 22.6. The molecule has 0 bridgehead atoms. The van der Waals surface area contributed by atoms with Crippen LogP contribution in [0.2, 0.25) is 0 Å². The zero-order valence-corrected chi connectivity index (χ0v) is 51.3.